The quantitative estimate of drug-likeness (QED) is 0.814. The Labute approximate surface area is 154 Å². The number of amides is 2. The maximum absolute atomic E-state index is 12.6. The van der Waals surface area contributed by atoms with Crippen molar-refractivity contribution in [2.45, 2.75) is 19.4 Å². The topological polar surface area (TPSA) is 85.1 Å². The molecule has 140 valence electrons. The second kappa shape index (κ2) is 8.92. The third-order valence-corrected chi connectivity index (χ3v) is 4.50. The van der Waals surface area contributed by atoms with Gasteiger partial charge in [0.25, 0.3) is 0 Å². The average molecular weight is 372 g/mol. The fourth-order valence-corrected chi connectivity index (χ4v) is 2.78. The highest BCUT2D eigenvalue weighted by atomic mass is 35.5. The predicted molar refractivity (Wildman–Crippen MR) is 98.5 cm³/mol. The fourth-order valence-electron chi connectivity index (χ4n) is 2.78. The molecule has 2 atom stereocenters. The van der Waals surface area contributed by atoms with Gasteiger partial charge in [0, 0.05) is 38.7 Å². The molecule has 1 saturated heterocycles. The Morgan fingerprint density at radius 2 is 2.08 bits per heavy atom. The van der Waals surface area contributed by atoms with Crippen molar-refractivity contribution in [3.63, 3.8) is 0 Å². The van der Waals surface area contributed by atoms with E-state index in [1.54, 1.807) is 42.2 Å². The van der Waals surface area contributed by atoms with E-state index in [0.29, 0.717) is 30.3 Å². The van der Waals surface area contributed by atoms with Crippen molar-refractivity contribution in [1.29, 1.82) is 0 Å². The molecule has 2 rings (SSSR count). The molecule has 0 aromatic heterocycles. The Morgan fingerprint density at radius 1 is 1.40 bits per heavy atom. The second-order valence-electron chi connectivity index (χ2n) is 5.98. The van der Waals surface area contributed by atoms with Gasteiger partial charge in [-0.3, -0.25) is 9.59 Å². The first-order chi connectivity index (χ1) is 11.4. The van der Waals surface area contributed by atoms with Gasteiger partial charge < -0.3 is 25.0 Å². The van der Waals surface area contributed by atoms with Crippen LogP contribution >= 0.6 is 12.4 Å². The molecular formula is C17H26ClN3O4. The maximum atomic E-state index is 12.6. The number of nitrogens with zero attached hydrogens (tertiary/aromatic N) is 2. The average Bonchev–Trinajstić information content (AvgIpc) is 3.00. The number of ether oxygens (including phenoxy) is 2. The first-order valence-corrected chi connectivity index (χ1v) is 7.92. The van der Waals surface area contributed by atoms with Gasteiger partial charge in [-0.25, -0.2) is 0 Å². The lowest BCUT2D eigenvalue weighted by molar-refractivity contribution is -0.136. The van der Waals surface area contributed by atoms with Crippen molar-refractivity contribution in [3.8, 4) is 11.5 Å². The molecule has 1 aromatic carbocycles. The summed E-state index contributed by atoms with van der Waals surface area (Å²) in [6.45, 7) is 2.61. The summed E-state index contributed by atoms with van der Waals surface area (Å²) >= 11 is 0. The Bertz CT molecular complexity index is 626. The lowest BCUT2D eigenvalue weighted by Crippen LogP contribution is -2.43. The van der Waals surface area contributed by atoms with Gasteiger partial charge in [0.2, 0.25) is 11.8 Å². The molecule has 1 aromatic rings. The number of hydrogen-bond acceptors (Lipinski definition) is 5. The standard InChI is InChI=1S/C17H25N3O4.ClH/c1-11(9-18)19(2)17(22)12-7-16(21)20(10-12)14-6-5-13(23-3)8-15(14)24-4;/h5-6,8,11-12H,7,9-10,18H2,1-4H3;1H. The molecule has 1 heterocycles. The third-order valence-electron chi connectivity index (χ3n) is 4.50. The molecule has 25 heavy (non-hydrogen) atoms. The summed E-state index contributed by atoms with van der Waals surface area (Å²) in [5.41, 5.74) is 6.27. The number of anilines is 1. The summed E-state index contributed by atoms with van der Waals surface area (Å²) in [6.07, 6.45) is 0.190. The summed E-state index contributed by atoms with van der Waals surface area (Å²) in [7, 11) is 4.83. The van der Waals surface area contributed by atoms with E-state index in [1.165, 1.54) is 7.11 Å². The van der Waals surface area contributed by atoms with Crippen LogP contribution in [0.1, 0.15) is 13.3 Å². The first kappa shape index (κ1) is 21.1. The summed E-state index contributed by atoms with van der Waals surface area (Å²) in [6, 6.07) is 5.20. The van der Waals surface area contributed by atoms with Gasteiger partial charge >= 0.3 is 0 Å². The number of rotatable bonds is 6. The minimum atomic E-state index is -0.372. The van der Waals surface area contributed by atoms with Gasteiger partial charge in [-0.05, 0) is 19.1 Å². The van der Waals surface area contributed by atoms with E-state index in [2.05, 4.69) is 0 Å². The van der Waals surface area contributed by atoms with Crippen molar-refractivity contribution in [2.24, 2.45) is 11.7 Å². The summed E-state index contributed by atoms with van der Waals surface area (Å²) < 4.78 is 10.5. The monoisotopic (exact) mass is 371 g/mol. The number of carbonyl (C=O) groups excluding carboxylic acids is 2. The molecule has 1 aliphatic heterocycles. The molecule has 2 amide bonds. The summed E-state index contributed by atoms with van der Waals surface area (Å²) in [5.74, 6) is 0.663. The lowest BCUT2D eigenvalue weighted by Gasteiger charge is -2.26. The van der Waals surface area contributed by atoms with E-state index in [-0.39, 0.29) is 42.6 Å². The zero-order chi connectivity index (χ0) is 17.9. The van der Waals surface area contributed by atoms with Gasteiger partial charge in [0.15, 0.2) is 0 Å². The van der Waals surface area contributed by atoms with Crippen LogP contribution in [0.2, 0.25) is 0 Å². The maximum Gasteiger partial charge on any atom is 0.228 e. The van der Waals surface area contributed by atoms with E-state index in [0.717, 1.165) is 0 Å². The molecule has 1 fully saturated rings. The number of carbonyl (C=O) groups is 2. The molecule has 7 nitrogen and oxygen atoms in total. The Morgan fingerprint density at radius 3 is 2.64 bits per heavy atom. The molecule has 8 heteroatoms. The SMILES string of the molecule is COc1ccc(N2CC(C(=O)N(C)C(C)CN)CC2=O)c(OC)c1.Cl. The molecule has 0 spiro atoms. The van der Waals surface area contributed by atoms with Crippen molar-refractivity contribution in [2.75, 3.05) is 39.3 Å². The lowest BCUT2D eigenvalue weighted by atomic mass is 10.1. The van der Waals surface area contributed by atoms with Crippen LogP contribution in [0.15, 0.2) is 18.2 Å². The Hall–Kier alpha value is -1.99. The molecule has 2 N–H and O–H groups in total. The van der Waals surface area contributed by atoms with Crippen molar-refractivity contribution >= 4 is 29.9 Å². The van der Waals surface area contributed by atoms with Crippen molar-refractivity contribution < 1.29 is 19.1 Å². The van der Waals surface area contributed by atoms with Crippen LogP contribution in [0.4, 0.5) is 5.69 Å². The summed E-state index contributed by atoms with van der Waals surface area (Å²) in [4.78, 5) is 28.2. The van der Waals surface area contributed by atoms with E-state index in [4.69, 9.17) is 15.2 Å². The van der Waals surface area contributed by atoms with Crippen molar-refractivity contribution in [1.82, 2.24) is 4.90 Å². The molecule has 0 aliphatic carbocycles. The fraction of sp³-hybridized carbons (Fsp3) is 0.529. The highest BCUT2D eigenvalue weighted by Gasteiger charge is 2.38. The second-order valence-corrected chi connectivity index (χ2v) is 5.98. The Kier molecular flexibility index (Phi) is 7.51. The van der Waals surface area contributed by atoms with Gasteiger partial charge in [0.1, 0.15) is 11.5 Å². The smallest absolute Gasteiger partial charge is 0.228 e. The molecule has 0 saturated carbocycles. The minimum absolute atomic E-state index is 0. The van der Waals surface area contributed by atoms with E-state index < -0.39 is 0 Å². The van der Waals surface area contributed by atoms with Crippen LogP contribution in [0.25, 0.3) is 0 Å². The van der Waals surface area contributed by atoms with Gasteiger partial charge in [-0.2, -0.15) is 0 Å². The zero-order valence-corrected chi connectivity index (χ0v) is 15.8. The summed E-state index contributed by atoms with van der Waals surface area (Å²) in [5, 5.41) is 0. The zero-order valence-electron chi connectivity index (χ0n) is 15.0. The van der Waals surface area contributed by atoms with Crippen LogP contribution in [0.3, 0.4) is 0 Å². The number of benzene rings is 1. The van der Waals surface area contributed by atoms with E-state index in [9.17, 15) is 9.59 Å². The van der Waals surface area contributed by atoms with Crippen LogP contribution in [-0.2, 0) is 9.59 Å². The molecular weight excluding hydrogens is 346 g/mol. The van der Waals surface area contributed by atoms with Crippen LogP contribution < -0.4 is 20.1 Å². The van der Waals surface area contributed by atoms with Gasteiger partial charge in [-0.15, -0.1) is 12.4 Å². The predicted octanol–water partition coefficient (Wildman–Crippen LogP) is 1.28. The van der Waals surface area contributed by atoms with E-state index >= 15 is 0 Å². The minimum Gasteiger partial charge on any atom is -0.497 e. The molecule has 2 unspecified atom stereocenters. The van der Waals surface area contributed by atoms with Crippen molar-refractivity contribution in [3.05, 3.63) is 18.2 Å². The Balaban J connectivity index is 0.00000312. The van der Waals surface area contributed by atoms with Crippen LogP contribution in [0, 0.1) is 5.92 Å². The number of halogens is 1. The largest absolute Gasteiger partial charge is 0.497 e. The number of nitrogens with two attached hydrogens (primary N) is 1. The molecule has 0 radical (unpaired) electrons. The van der Waals surface area contributed by atoms with Gasteiger partial charge in [-0.1, -0.05) is 0 Å². The first-order valence-electron chi connectivity index (χ1n) is 7.92. The van der Waals surface area contributed by atoms with E-state index in [1.807, 2.05) is 6.92 Å². The normalized spacial score (nSPS) is 17.7. The highest BCUT2D eigenvalue weighted by molar-refractivity contribution is 6.01. The molecule has 0 bridgehead atoms. The number of hydrogen-bond donors (Lipinski definition) is 1. The van der Waals surface area contributed by atoms with Crippen LogP contribution in [0.5, 0.6) is 11.5 Å². The number of likely N-dealkylation sites (N-methyl/N-ethyl adjacent to an activating group) is 1. The number of methoxy groups -OCH3 is 2. The van der Waals surface area contributed by atoms with Gasteiger partial charge in [0.05, 0.1) is 25.8 Å². The third kappa shape index (κ3) is 4.35. The highest BCUT2D eigenvalue weighted by Crippen LogP contribution is 2.36. The molecule has 1 aliphatic rings. The van der Waals surface area contributed by atoms with Crippen LogP contribution in [-0.4, -0.2) is 57.1 Å².